The smallest absolute Gasteiger partial charge is 0.303 e. The van der Waals surface area contributed by atoms with Gasteiger partial charge < -0.3 is 15.3 Å². The zero-order valence-electron chi connectivity index (χ0n) is 16.8. The van der Waals surface area contributed by atoms with Crippen LogP contribution in [0.2, 0.25) is 0 Å². The van der Waals surface area contributed by atoms with Gasteiger partial charge in [-0.15, -0.1) is 0 Å². The summed E-state index contributed by atoms with van der Waals surface area (Å²) in [5, 5.41) is 12.2. The van der Waals surface area contributed by atoms with Gasteiger partial charge >= 0.3 is 5.97 Å². The summed E-state index contributed by atoms with van der Waals surface area (Å²) in [6.45, 7) is 3.23. The molecule has 2 aliphatic rings. The van der Waals surface area contributed by atoms with E-state index in [9.17, 15) is 14.4 Å². The molecule has 2 rings (SSSR count). The number of carboxylic acid groups (broad SMARTS) is 1. The Hall–Kier alpha value is -1.59. The first-order valence-electron chi connectivity index (χ1n) is 10.8. The second-order valence-corrected chi connectivity index (χ2v) is 8.31. The molecule has 0 aromatic heterocycles. The maximum atomic E-state index is 12.8. The molecule has 0 aromatic rings. The molecule has 154 valence electrons. The summed E-state index contributed by atoms with van der Waals surface area (Å²) in [5.41, 5.74) is 0. The van der Waals surface area contributed by atoms with Crippen LogP contribution >= 0.6 is 0 Å². The molecule has 6 heteroatoms. The van der Waals surface area contributed by atoms with Crippen molar-refractivity contribution in [2.24, 2.45) is 11.8 Å². The SMILES string of the molecule is CCCC(=O)N1CCCC(C(=O)NC(CCC(=O)O)CC2CCCCC2)C1. The summed E-state index contributed by atoms with van der Waals surface area (Å²) in [4.78, 5) is 37.8. The number of nitrogens with one attached hydrogen (secondary N) is 1. The summed E-state index contributed by atoms with van der Waals surface area (Å²) in [7, 11) is 0. The topological polar surface area (TPSA) is 86.7 Å². The van der Waals surface area contributed by atoms with Gasteiger partial charge in [0.15, 0.2) is 0 Å². The van der Waals surface area contributed by atoms with Crippen molar-refractivity contribution in [2.75, 3.05) is 13.1 Å². The molecule has 2 unspecified atom stereocenters. The van der Waals surface area contributed by atoms with Crippen molar-refractivity contribution in [1.82, 2.24) is 10.2 Å². The number of piperidine rings is 1. The summed E-state index contributed by atoms with van der Waals surface area (Å²) in [5.74, 6) is -0.258. The van der Waals surface area contributed by atoms with E-state index in [1.54, 1.807) is 0 Å². The van der Waals surface area contributed by atoms with Crippen molar-refractivity contribution in [3.05, 3.63) is 0 Å². The van der Waals surface area contributed by atoms with E-state index in [0.29, 0.717) is 25.3 Å². The zero-order valence-corrected chi connectivity index (χ0v) is 16.8. The fraction of sp³-hybridized carbons (Fsp3) is 0.857. The molecular weight excluding hydrogens is 344 g/mol. The normalized spacial score (nSPS) is 22.3. The van der Waals surface area contributed by atoms with E-state index in [-0.39, 0.29) is 30.2 Å². The van der Waals surface area contributed by atoms with Crippen LogP contribution in [0.15, 0.2) is 0 Å². The summed E-state index contributed by atoms with van der Waals surface area (Å²) in [6.07, 6.45) is 10.6. The lowest BCUT2D eigenvalue weighted by molar-refractivity contribution is -0.138. The lowest BCUT2D eigenvalue weighted by atomic mass is 9.83. The van der Waals surface area contributed by atoms with Gasteiger partial charge in [-0.25, -0.2) is 0 Å². The minimum absolute atomic E-state index is 0.00445. The van der Waals surface area contributed by atoms with Crippen molar-refractivity contribution >= 4 is 17.8 Å². The highest BCUT2D eigenvalue weighted by Crippen LogP contribution is 2.28. The summed E-state index contributed by atoms with van der Waals surface area (Å²) >= 11 is 0. The van der Waals surface area contributed by atoms with Crippen molar-refractivity contribution < 1.29 is 19.5 Å². The highest BCUT2D eigenvalue weighted by molar-refractivity contribution is 5.81. The van der Waals surface area contributed by atoms with Gasteiger partial charge in [-0.3, -0.25) is 14.4 Å². The summed E-state index contributed by atoms with van der Waals surface area (Å²) < 4.78 is 0. The first kappa shape index (κ1) is 21.7. The fourth-order valence-electron chi connectivity index (χ4n) is 4.48. The van der Waals surface area contributed by atoms with Crippen LogP contribution in [-0.4, -0.2) is 46.9 Å². The van der Waals surface area contributed by atoms with E-state index in [0.717, 1.165) is 32.2 Å². The molecule has 27 heavy (non-hydrogen) atoms. The number of carbonyl (C=O) groups excluding carboxylic acids is 2. The first-order chi connectivity index (χ1) is 13.0. The third-order valence-corrected chi connectivity index (χ3v) is 6.00. The third kappa shape index (κ3) is 7.51. The maximum Gasteiger partial charge on any atom is 0.303 e. The van der Waals surface area contributed by atoms with E-state index in [2.05, 4.69) is 5.32 Å². The molecule has 2 N–H and O–H groups in total. The van der Waals surface area contributed by atoms with Gasteiger partial charge in [0.2, 0.25) is 11.8 Å². The van der Waals surface area contributed by atoms with Gasteiger partial charge in [-0.05, 0) is 38.0 Å². The number of carboxylic acids is 1. The Morgan fingerprint density at radius 2 is 1.81 bits per heavy atom. The molecular formula is C21H36N2O4. The Kier molecular flexibility index (Phi) is 9.08. The predicted octanol–water partition coefficient (Wildman–Crippen LogP) is 3.35. The zero-order chi connectivity index (χ0) is 19.6. The second kappa shape index (κ2) is 11.3. The molecule has 1 saturated heterocycles. The highest BCUT2D eigenvalue weighted by atomic mass is 16.4. The van der Waals surface area contributed by atoms with Crippen LogP contribution in [0.3, 0.4) is 0 Å². The Labute approximate surface area is 163 Å². The fourth-order valence-corrected chi connectivity index (χ4v) is 4.48. The number of likely N-dealkylation sites (tertiary alicyclic amines) is 1. The van der Waals surface area contributed by atoms with Gasteiger partial charge in [0, 0.05) is 32.0 Å². The Morgan fingerprint density at radius 3 is 2.48 bits per heavy atom. The van der Waals surface area contributed by atoms with Crippen LogP contribution in [0.5, 0.6) is 0 Å². The number of hydrogen-bond donors (Lipinski definition) is 2. The van der Waals surface area contributed by atoms with Crippen molar-refractivity contribution in [3.8, 4) is 0 Å². The van der Waals surface area contributed by atoms with Gasteiger partial charge in [0.25, 0.3) is 0 Å². The van der Waals surface area contributed by atoms with Crippen LogP contribution < -0.4 is 5.32 Å². The van der Waals surface area contributed by atoms with Crippen molar-refractivity contribution in [1.29, 1.82) is 0 Å². The van der Waals surface area contributed by atoms with Gasteiger partial charge in [0.05, 0.1) is 5.92 Å². The molecule has 1 heterocycles. The van der Waals surface area contributed by atoms with Gasteiger partial charge in [0.1, 0.15) is 0 Å². The van der Waals surface area contributed by atoms with Crippen LogP contribution in [0.4, 0.5) is 0 Å². The number of nitrogens with zero attached hydrogens (tertiary/aromatic N) is 1. The first-order valence-corrected chi connectivity index (χ1v) is 10.8. The lowest BCUT2D eigenvalue weighted by Gasteiger charge is -2.33. The van der Waals surface area contributed by atoms with E-state index < -0.39 is 5.97 Å². The average Bonchev–Trinajstić information content (AvgIpc) is 2.67. The maximum absolute atomic E-state index is 12.8. The van der Waals surface area contributed by atoms with Gasteiger partial charge in [-0.1, -0.05) is 39.0 Å². The Morgan fingerprint density at radius 1 is 1.07 bits per heavy atom. The molecule has 0 bridgehead atoms. The number of hydrogen-bond acceptors (Lipinski definition) is 3. The molecule has 6 nitrogen and oxygen atoms in total. The van der Waals surface area contributed by atoms with E-state index >= 15 is 0 Å². The minimum Gasteiger partial charge on any atom is -0.481 e. The number of carbonyl (C=O) groups is 3. The molecule has 2 amide bonds. The molecule has 0 aromatic carbocycles. The molecule has 2 atom stereocenters. The molecule has 2 fully saturated rings. The number of aliphatic carboxylic acids is 1. The quantitative estimate of drug-likeness (QED) is 0.642. The minimum atomic E-state index is -0.813. The van der Waals surface area contributed by atoms with E-state index in [4.69, 9.17) is 5.11 Å². The molecule has 1 saturated carbocycles. The predicted molar refractivity (Wildman–Crippen MR) is 104 cm³/mol. The van der Waals surface area contributed by atoms with Gasteiger partial charge in [-0.2, -0.15) is 0 Å². The Bertz CT molecular complexity index is 502. The molecule has 0 radical (unpaired) electrons. The largest absolute Gasteiger partial charge is 0.481 e. The van der Waals surface area contributed by atoms with E-state index in [1.165, 1.54) is 32.1 Å². The Balaban J connectivity index is 1.90. The highest BCUT2D eigenvalue weighted by Gasteiger charge is 2.30. The molecule has 0 spiro atoms. The second-order valence-electron chi connectivity index (χ2n) is 8.31. The standard InChI is InChI=1S/C21H36N2O4/c1-2-7-19(24)23-13-6-10-17(15-23)21(27)22-18(11-12-20(25)26)14-16-8-4-3-5-9-16/h16-18H,2-15H2,1H3,(H,22,27)(H,25,26). The van der Waals surface area contributed by atoms with Crippen LogP contribution in [-0.2, 0) is 14.4 Å². The number of amides is 2. The number of rotatable bonds is 9. The third-order valence-electron chi connectivity index (χ3n) is 6.00. The molecule has 1 aliphatic heterocycles. The average molecular weight is 381 g/mol. The monoisotopic (exact) mass is 380 g/mol. The van der Waals surface area contributed by atoms with E-state index in [1.807, 2.05) is 11.8 Å². The lowest BCUT2D eigenvalue weighted by Crippen LogP contribution is -2.48. The van der Waals surface area contributed by atoms with Crippen LogP contribution in [0.25, 0.3) is 0 Å². The summed E-state index contributed by atoms with van der Waals surface area (Å²) in [6, 6.07) is -0.0709. The van der Waals surface area contributed by atoms with Crippen molar-refractivity contribution in [2.45, 2.75) is 90.0 Å². The van der Waals surface area contributed by atoms with Crippen LogP contribution in [0.1, 0.15) is 84.0 Å². The van der Waals surface area contributed by atoms with Crippen molar-refractivity contribution in [3.63, 3.8) is 0 Å². The molecule has 1 aliphatic carbocycles. The van der Waals surface area contributed by atoms with Crippen LogP contribution in [0, 0.1) is 11.8 Å².